The molecule has 0 saturated carbocycles. The molecule has 2 rings (SSSR count). The van der Waals surface area contributed by atoms with Crippen LogP contribution in [0.1, 0.15) is 25.3 Å². The molecule has 0 amide bonds. The van der Waals surface area contributed by atoms with Crippen molar-refractivity contribution in [1.29, 1.82) is 0 Å². The van der Waals surface area contributed by atoms with Crippen LogP contribution in [-0.4, -0.2) is 16.2 Å². The van der Waals surface area contributed by atoms with Crippen LogP contribution in [0.2, 0.25) is 0 Å². The lowest BCUT2D eigenvalue weighted by molar-refractivity contribution is 0.115. The lowest BCUT2D eigenvalue weighted by atomic mass is 10.00. The van der Waals surface area contributed by atoms with Crippen molar-refractivity contribution < 1.29 is 5.11 Å². The van der Waals surface area contributed by atoms with Crippen molar-refractivity contribution in [3.8, 4) is 11.3 Å². The Morgan fingerprint density at radius 1 is 1.28 bits per heavy atom. The minimum atomic E-state index is -0.287. The van der Waals surface area contributed by atoms with E-state index in [1.165, 1.54) is 0 Å². The zero-order chi connectivity index (χ0) is 13.0. The van der Waals surface area contributed by atoms with Crippen LogP contribution in [0.4, 0.5) is 0 Å². The Balaban J connectivity index is 2.07. The Bertz CT molecular complexity index is 480. The van der Waals surface area contributed by atoms with Crippen molar-refractivity contribution in [3.05, 3.63) is 40.7 Å². The number of hydrogen-bond donors (Lipinski definition) is 1. The predicted octanol–water partition coefficient (Wildman–Crippen LogP) is 3.76. The van der Waals surface area contributed by atoms with Crippen LogP contribution in [0, 0.1) is 5.92 Å². The molecule has 0 aliphatic heterocycles. The van der Waals surface area contributed by atoms with E-state index >= 15 is 0 Å². The number of aromatic nitrogens is 1. The average molecular weight is 261 g/mol. The Kier molecular flexibility index (Phi) is 4.50. The maximum atomic E-state index is 10.0. The third-order valence-corrected chi connectivity index (χ3v) is 4.18. The first-order chi connectivity index (χ1) is 8.70. The van der Waals surface area contributed by atoms with E-state index in [-0.39, 0.29) is 6.10 Å². The number of rotatable bonds is 5. The maximum Gasteiger partial charge on any atom is 0.0958 e. The number of benzene rings is 1. The van der Waals surface area contributed by atoms with Crippen LogP contribution < -0.4 is 0 Å². The van der Waals surface area contributed by atoms with Crippen molar-refractivity contribution in [3.63, 3.8) is 0 Å². The van der Waals surface area contributed by atoms with Gasteiger partial charge in [0.05, 0.1) is 16.8 Å². The summed E-state index contributed by atoms with van der Waals surface area (Å²) in [6, 6.07) is 10.2. The van der Waals surface area contributed by atoms with Crippen LogP contribution in [0.15, 0.2) is 35.7 Å². The van der Waals surface area contributed by atoms with Gasteiger partial charge >= 0.3 is 0 Å². The molecule has 0 saturated heterocycles. The van der Waals surface area contributed by atoms with Crippen molar-refractivity contribution in [2.45, 2.75) is 32.8 Å². The smallest absolute Gasteiger partial charge is 0.0958 e. The fraction of sp³-hybridized carbons (Fsp3) is 0.400. The molecule has 3 heteroatoms. The molecule has 0 fully saturated rings. The number of aliphatic hydroxyl groups is 1. The Morgan fingerprint density at radius 2 is 2.00 bits per heavy atom. The zero-order valence-electron chi connectivity index (χ0n) is 10.8. The minimum Gasteiger partial charge on any atom is -0.392 e. The van der Waals surface area contributed by atoms with Crippen molar-refractivity contribution >= 4 is 11.3 Å². The Hall–Kier alpha value is -1.19. The first-order valence-corrected chi connectivity index (χ1v) is 7.26. The van der Waals surface area contributed by atoms with Crippen molar-refractivity contribution in [1.82, 2.24) is 4.98 Å². The van der Waals surface area contributed by atoms with Crippen molar-refractivity contribution in [2.75, 3.05) is 0 Å². The summed E-state index contributed by atoms with van der Waals surface area (Å²) in [5.74, 6) is 0.328. The lowest BCUT2D eigenvalue weighted by Crippen LogP contribution is -2.19. The summed E-state index contributed by atoms with van der Waals surface area (Å²) in [5, 5.41) is 13.1. The van der Waals surface area contributed by atoms with Gasteiger partial charge in [-0.1, -0.05) is 50.6 Å². The highest BCUT2D eigenvalue weighted by Gasteiger charge is 2.15. The molecule has 2 aromatic rings. The van der Waals surface area contributed by atoms with E-state index in [0.717, 1.165) is 22.7 Å². The van der Waals surface area contributed by atoms with Crippen molar-refractivity contribution in [2.24, 2.45) is 5.92 Å². The molecule has 1 aromatic carbocycles. The Morgan fingerprint density at radius 3 is 2.67 bits per heavy atom. The summed E-state index contributed by atoms with van der Waals surface area (Å²) in [4.78, 5) is 4.60. The van der Waals surface area contributed by atoms with Gasteiger partial charge in [-0.2, -0.15) is 0 Å². The van der Waals surface area contributed by atoms with Gasteiger partial charge in [-0.3, -0.25) is 0 Å². The molecule has 1 aromatic heterocycles. The van der Waals surface area contributed by atoms with Gasteiger partial charge in [0.2, 0.25) is 0 Å². The van der Waals surface area contributed by atoms with Gasteiger partial charge in [0, 0.05) is 17.4 Å². The molecule has 2 atom stereocenters. The molecule has 18 heavy (non-hydrogen) atoms. The number of aliphatic hydroxyl groups excluding tert-OH is 1. The van der Waals surface area contributed by atoms with E-state index in [0.29, 0.717) is 12.3 Å². The molecular weight excluding hydrogens is 242 g/mol. The number of hydrogen-bond acceptors (Lipinski definition) is 3. The SMILES string of the molecule is CCC(C)C(O)Cc1nc(-c2ccccc2)cs1. The molecule has 0 spiro atoms. The van der Waals surface area contributed by atoms with Gasteiger partial charge in [-0.05, 0) is 5.92 Å². The highest BCUT2D eigenvalue weighted by atomic mass is 32.1. The van der Waals surface area contributed by atoms with E-state index in [9.17, 15) is 5.11 Å². The summed E-state index contributed by atoms with van der Waals surface area (Å²) in [6.07, 6.45) is 1.37. The monoisotopic (exact) mass is 261 g/mol. The highest BCUT2D eigenvalue weighted by molar-refractivity contribution is 7.09. The fourth-order valence-corrected chi connectivity index (χ4v) is 2.65. The summed E-state index contributed by atoms with van der Waals surface area (Å²) >= 11 is 1.63. The van der Waals surface area contributed by atoms with Crippen LogP contribution in [0.25, 0.3) is 11.3 Å². The fourth-order valence-electron chi connectivity index (χ4n) is 1.80. The molecule has 0 aliphatic carbocycles. The third kappa shape index (κ3) is 3.18. The molecule has 2 nitrogen and oxygen atoms in total. The molecule has 1 heterocycles. The van der Waals surface area contributed by atoms with Crippen LogP contribution in [-0.2, 0) is 6.42 Å². The number of thiazole rings is 1. The third-order valence-electron chi connectivity index (χ3n) is 3.31. The van der Waals surface area contributed by atoms with Gasteiger partial charge in [0.1, 0.15) is 0 Å². The molecule has 0 radical (unpaired) electrons. The van der Waals surface area contributed by atoms with E-state index in [4.69, 9.17) is 0 Å². The predicted molar refractivity (Wildman–Crippen MR) is 76.7 cm³/mol. The second-order valence-electron chi connectivity index (χ2n) is 4.65. The first-order valence-electron chi connectivity index (χ1n) is 6.38. The van der Waals surface area contributed by atoms with Crippen LogP contribution >= 0.6 is 11.3 Å². The maximum absolute atomic E-state index is 10.0. The summed E-state index contributed by atoms with van der Waals surface area (Å²) in [6.45, 7) is 4.18. The minimum absolute atomic E-state index is 0.287. The van der Waals surface area contributed by atoms with E-state index < -0.39 is 0 Å². The second-order valence-corrected chi connectivity index (χ2v) is 5.59. The zero-order valence-corrected chi connectivity index (χ0v) is 11.7. The van der Waals surface area contributed by atoms with Gasteiger partial charge in [0.25, 0.3) is 0 Å². The summed E-state index contributed by atoms with van der Waals surface area (Å²) in [7, 11) is 0. The average Bonchev–Trinajstić information content (AvgIpc) is 2.87. The van der Waals surface area contributed by atoms with Gasteiger partial charge in [-0.15, -0.1) is 11.3 Å². The summed E-state index contributed by atoms with van der Waals surface area (Å²) < 4.78 is 0. The standard InChI is InChI=1S/C15H19NOS/c1-3-11(2)14(17)9-15-16-13(10-18-15)12-7-5-4-6-8-12/h4-8,10-11,14,17H,3,9H2,1-2H3. The molecule has 96 valence electrons. The van der Waals surface area contributed by atoms with E-state index in [1.54, 1.807) is 11.3 Å². The number of nitrogens with zero attached hydrogens (tertiary/aromatic N) is 1. The lowest BCUT2D eigenvalue weighted by Gasteiger charge is -2.15. The normalized spacial score (nSPS) is 14.4. The first kappa shape index (κ1) is 13.2. The van der Waals surface area contributed by atoms with Crippen LogP contribution in [0.5, 0.6) is 0 Å². The summed E-state index contributed by atoms with van der Waals surface area (Å²) in [5.41, 5.74) is 2.14. The second kappa shape index (κ2) is 6.12. The largest absolute Gasteiger partial charge is 0.392 e. The topological polar surface area (TPSA) is 33.1 Å². The quantitative estimate of drug-likeness (QED) is 0.889. The Labute approximate surface area is 112 Å². The molecule has 2 unspecified atom stereocenters. The van der Waals surface area contributed by atoms with Gasteiger partial charge in [0.15, 0.2) is 0 Å². The molecule has 1 N–H and O–H groups in total. The van der Waals surface area contributed by atoms with E-state index in [1.807, 2.05) is 18.2 Å². The molecule has 0 bridgehead atoms. The molecular formula is C15H19NOS. The van der Waals surface area contributed by atoms with Gasteiger partial charge < -0.3 is 5.11 Å². The highest BCUT2D eigenvalue weighted by Crippen LogP contribution is 2.23. The van der Waals surface area contributed by atoms with Crippen LogP contribution in [0.3, 0.4) is 0 Å². The van der Waals surface area contributed by atoms with Gasteiger partial charge in [-0.25, -0.2) is 4.98 Å². The van der Waals surface area contributed by atoms with E-state index in [2.05, 4.69) is 36.3 Å². The molecule has 0 aliphatic rings.